The van der Waals surface area contributed by atoms with Gasteiger partial charge in [0.05, 0.1) is 18.8 Å². The van der Waals surface area contributed by atoms with Crippen molar-refractivity contribution in [2.45, 2.75) is 26.5 Å². The molecule has 1 aliphatic heterocycles. The van der Waals surface area contributed by atoms with Gasteiger partial charge in [0.1, 0.15) is 17.7 Å². The van der Waals surface area contributed by atoms with Crippen LogP contribution in [0.5, 0.6) is 0 Å². The van der Waals surface area contributed by atoms with Gasteiger partial charge in [-0.3, -0.25) is 9.69 Å². The van der Waals surface area contributed by atoms with Crippen LogP contribution in [-0.2, 0) is 16.1 Å². The molecule has 160 valence electrons. The largest absolute Gasteiger partial charge is 0.442 e. The molecule has 3 aromatic rings. The van der Waals surface area contributed by atoms with Gasteiger partial charge in [-0.15, -0.1) is 0 Å². The molecule has 1 saturated heterocycles. The number of nitrogens with zero attached hydrogens (tertiary/aromatic N) is 3. The maximum absolute atomic E-state index is 14.9. The monoisotopic (exact) mass is 422 g/mol. The molecular weight excluding hydrogens is 399 g/mol. The third-order valence-corrected chi connectivity index (χ3v) is 5.26. The Morgan fingerprint density at radius 3 is 2.68 bits per heavy atom. The summed E-state index contributed by atoms with van der Waals surface area (Å²) in [6, 6.07) is 12.4. The Morgan fingerprint density at radius 2 is 2.03 bits per heavy atom. The number of ether oxygens (including phenoxy) is 1. The molecule has 0 bridgehead atoms. The summed E-state index contributed by atoms with van der Waals surface area (Å²) in [5, 5.41) is 2.62. The van der Waals surface area contributed by atoms with Gasteiger partial charge in [-0.1, -0.05) is 24.3 Å². The Balaban J connectivity index is 1.47. The molecule has 1 N–H and O–H groups in total. The Labute approximate surface area is 179 Å². The zero-order valence-corrected chi connectivity index (χ0v) is 17.3. The molecule has 1 unspecified atom stereocenters. The van der Waals surface area contributed by atoms with Crippen LogP contribution < -0.4 is 10.2 Å². The van der Waals surface area contributed by atoms with Crippen molar-refractivity contribution in [1.82, 2.24) is 14.9 Å². The van der Waals surface area contributed by atoms with E-state index in [2.05, 4.69) is 10.3 Å². The topological polar surface area (TPSA) is 76.5 Å². The van der Waals surface area contributed by atoms with E-state index in [4.69, 9.17) is 4.74 Å². The first-order chi connectivity index (χ1) is 14.9. The number of hydrogen-bond acceptors (Lipinski definition) is 4. The fourth-order valence-corrected chi connectivity index (χ4v) is 3.56. The summed E-state index contributed by atoms with van der Waals surface area (Å²) in [6.07, 6.45) is 2.66. The SMILES string of the molecule is CC(=O)NCC1CN(c2ccc(-c3ccc(Cn4ccnc4C)cc3)c(F)c2)C(=O)O1. The lowest BCUT2D eigenvalue weighted by Gasteiger charge is -2.15. The highest BCUT2D eigenvalue weighted by Crippen LogP contribution is 2.29. The maximum Gasteiger partial charge on any atom is 0.414 e. The van der Waals surface area contributed by atoms with Crippen LogP contribution >= 0.6 is 0 Å². The zero-order chi connectivity index (χ0) is 22.0. The Bertz CT molecular complexity index is 1110. The van der Waals surface area contributed by atoms with Gasteiger partial charge >= 0.3 is 6.09 Å². The second-order valence-corrected chi connectivity index (χ2v) is 7.52. The van der Waals surface area contributed by atoms with Crippen LogP contribution in [0.2, 0.25) is 0 Å². The third kappa shape index (κ3) is 4.58. The molecule has 4 rings (SSSR count). The molecule has 0 saturated carbocycles. The number of halogens is 1. The van der Waals surface area contributed by atoms with E-state index in [9.17, 15) is 14.0 Å². The first-order valence-electron chi connectivity index (χ1n) is 10.00. The van der Waals surface area contributed by atoms with Crippen LogP contribution in [0.3, 0.4) is 0 Å². The number of rotatable bonds is 6. The molecule has 0 aliphatic carbocycles. The fourth-order valence-electron chi connectivity index (χ4n) is 3.56. The Morgan fingerprint density at radius 1 is 1.26 bits per heavy atom. The lowest BCUT2D eigenvalue weighted by Crippen LogP contribution is -2.33. The number of aryl methyl sites for hydroxylation is 1. The number of anilines is 1. The van der Waals surface area contributed by atoms with Gasteiger partial charge < -0.3 is 14.6 Å². The number of cyclic esters (lactones) is 1. The fraction of sp³-hybridized carbons (Fsp3) is 0.261. The predicted molar refractivity (Wildman–Crippen MR) is 114 cm³/mol. The molecule has 2 heterocycles. The van der Waals surface area contributed by atoms with Gasteiger partial charge in [0.25, 0.3) is 0 Å². The molecule has 8 heteroatoms. The van der Waals surface area contributed by atoms with E-state index >= 15 is 0 Å². The normalized spacial score (nSPS) is 15.8. The van der Waals surface area contributed by atoms with Crippen molar-refractivity contribution in [3.63, 3.8) is 0 Å². The van der Waals surface area contributed by atoms with Crippen molar-refractivity contribution in [3.8, 4) is 11.1 Å². The summed E-state index contributed by atoms with van der Waals surface area (Å²) in [7, 11) is 0. The Hall–Kier alpha value is -3.68. The standard InChI is InChI=1S/C23H23FN4O3/c1-15-25-9-10-27(15)13-17-3-5-18(6-4-17)21-8-7-19(11-22(21)24)28-14-20(31-23(28)30)12-26-16(2)29/h3-11,20H,12-14H2,1-2H3,(H,26,29). The first kappa shape index (κ1) is 20.6. The summed E-state index contributed by atoms with van der Waals surface area (Å²) in [4.78, 5) is 28.8. The highest BCUT2D eigenvalue weighted by molar-refractivity contribution is 5.90. The smallest absolute Gasteiger partial charge is 0.414 e. The van der Waals surface area contributed by atoms with E-state index in [1.165, 1.54) is 17.9 Å². The van der Waals surface area contributed by atoms with Crippen LogP contribution in [0.25, 0.3) is 11.1 Å². The number of aromatic nitrogens is 2. The number of nitrogens with one attached hydrogen (secondary N) is 1. The van der Waals surface area contributed by atoms with E-state index in [1.807, 2.05) is 42.0 Å². The summed E-state index contributed by atoms with van der Waals surface area (Å²) < 4.78 is 22.2. The molecule has 2 aromatic carbocycles. The lowest BCUT2D eigenvalue weighted by atomic mass is 10.0. The van der Waals surface area contributed by atoms with Gasteiger partial charge in [-0.2, -0.15) is 0 Å². The second kappa shape index (κ2) is 8.59. The highest BCUT2D eigenvalue weighted by Gasteiger charge is 2.32. The molecule has 1 aromatic heterocycles. The summed E-state index contributed by atoms with van der Waals surface area (Å²) in [5.74, 6) is 0.315. The first-order valence-corrected chi connectivity index (χ1v) is 10.00. The number of hydrogen-bond donors (Lipinski definition) is 1. The van der Waals surface area contributed by atoms with Gasteiger partial charge in [0, 0.05) is 31.4 Å². The van der Waals surface area contributed by atoms with E-state index in [0.717, 1.165) is 17.0 Å². The molecule has 7 nitrogen and oxygen atoms in total. The average Bonchev–Trinajstić information content (AvgIpc) is 3.32. The van der Waals surface area contributed by atoms with E-state index in [-0.39, 0.29) is 19.0 Å². The van der Waals surface area contributed by atoms with Crippen molar-refractivity contribution in [1.29, 1.82) is 0 Å². The molecule has 1 aliphatic rings. The van der Waals surface area contributed by atoms with Crippen molar-refractivity contribution < 1.29 is 18.7 Å². The maximum atomic E-state index is 14.9. The van der Waals surface area contributed by atoms with Crippen molar-refractivity contribution in [2.24, 2.45) is 0 Å². The number of imidazole rings is 1. The number of carbonyl (C=O) groups is 2. The van der Waals surface area contributed by atoms with Crippen LogP contribution in [0.1, 0.15) is 18.3 Å². The minimum Gasteiger partial charge on any atom is -0.442 e. The van der Waals surface area contributed by atoms with E-state index in [1.54, 1.807) is 18.3 Å². The van der Waals surface area contributed by atoms with Crippen molar-refractivity contribution in [3.05, 3.63) is 72.1 Å². The second-order valence-electron chi connectivity index (χ2n) is 7.52. The summed E-state index contributed by atoms with van der Waals surface area (Å²) in [5.41, 5.74) is 2.72. The van der Waals surface area contributed by atoms with Crippen LogP contribution in [0, 0.1) is 12.7 Å². The minimum absolute atomic E-state index is 0.198. The molecular formula is C23H23FN4O3. The van der Waals surface area contributed by atoms with Gasteiger partial charge in [-0.05, 0) is 36.2 Å². The average molecular weight is 422 g/mol. The Kier molecular flexibility index (Phi) is 5.70. The quantitative estimate of drug-likeness (QED) is 0.660. The number of amides is 2. The number of benzene rings is 2. The van der Waals surface area contributed by atoms with Crippen molar-refractivity contribution in [2.75, 3.05) is 18.0 Å². The molecule has 0 spiro atoms. The summed E-state index contributed by atoms with van der Waals surface area (Å²) in [6.45, 7) is 4.52. The van der Waals surface area contributed by atoms with E-state index < -0.39 is 18.0 Å². The highest BCUT2D eigenvalue weighted by atomic mass is 19.1. The third-order valence-electron chi connectivity index (χ3n) is 5.26. The minimum atomic E-state index is -0.554. The molecule has 31 heavy (non-hydrogen) atoms. The molecule has 1 atom stereocenters. The lowest BCUT2D eigenvalue weighted by molar-refractivity contribution is -0.119. The summed E-state index contributed by atoms with van der Waals surface area (Å²) >= 11 is 0. The van der Waals surface area contributed by atoms with Crippen LogP contribution in [0.15, 0.2) is 54.9 Å². The van der Waals surface area contributed by atoms with Gasteiger partial charge in [0.15, 0.2) is 0 Å². The molecule has 2 amide bonds. The zero-order valence-electron chi connectivity index (χ0n) is 17.3. The van der Waals surface area contributed by atoms with Crippen molar-refractivity contribution >= 4 is 17.7 Å². The van der Waals surface area contributed by atoms with Crippen LogP contribution in [0.4, 0.5) is 14.9 Å². The molecule has 1 fully saturated rings. The van der Waals surface area contributed by atoms with E-state index in [0.29, 0.717) is 17.8 Å². The van der Waals surface area contributed by atoms with Gasteiger partial charge in [-0.25, -0.2) is 14.2 Å². The molecule has 0 radical (unpaired) electrons. The van der Waals surface area contributed by atoms with Gasteiger partial charge in [0.2, 0.25) is 5.91 Å². The number of carbonyl (C=O) groups excluding carboxylic acids is 2. The predicted octanol–water partition coefficient (Wildman–Crippen LogP) is 3.51. The van der Waals surface area contributed by atoms with Crippen LogP contribution in [-0.4, -0.2) is 40.7 Å².